The van der Waals surface area contributed by atoms with Crippen LogP contribution >= 0.6 is 0 Å². The Bertz CT molecular complexity index is 225. The number of rotatable bonds is 3. The van der Waals surface area contributed by atoms with Crippen LogP contribution in [0.1, 0.15) is 19.8 Å². The molecule has 5 nitrogen and oxygen atoms in total. The van der Waals surface area contributed by atoms with E-state index in [-0.39, 0.29) is 0 Å². The lowest BCUT2D eigenvalue weighted by atomic mass is 10.3. The van der Waals surface area contributed by atoms with E-state index < -0.39 is 11.9 Å². The third-order valence-corrected chi connectivity index (χ3v) is 2.31. The molecule has 0 unspecified atom stereocenters. The molecule has 0 spiro atoms. The van der Waals surface area contributed by atoms with Crippen molar-refractivity contribution >= 4 is 11.9 Å². The maximum Gasteiger partial charge on any atom is 0.397 e. The molecule has 1 amide bonds. The number of carbonyl (C=O) groups is 2. The van der Waals surface area contributed by atoms with Gasteiger partial charge < -0.3 is 15.0 Å². The van der Waals surface area contributed by atoms with Crippen molar-refractivity contribution in [3.05, 3.63) is 0 Å². The molecule has 1 heterocycles. The molecule has 1 rings (SSSR count). The maximum absolute atomic E-state index is 11.5. The van der Waals surface area contributed by atoms with Crippen molar-refractivity contribution < 1.29 is 14.3 Å². The third kappa shape index (κ3) is 3.87. The predicted octanol–water partition coefficient (Wildman–Crippen LogP) is -0.238. The van der Waals surface area contributed by atoms with Gasteiger partial charge in [-0.15, -0.1) is 0 Å². The highest BCUT2D eigenvalue weighted by Crippen LogP contribution is 1.96. The van der Waals surface area contributed by atoms with E-state index in [9.17, 15) is 9.59 Å². The van der Waals surface area contributed by atoms with Crippen molar-refractivity contribution in [1.82, 2.24) is 10.2 Å². The summed E-state index contributed by atoms with van der Waals surface area (Å²) >= 11 is 0. The van der Waals surface area contributed by atoms with Gasteiger partial charge in [-0.25, -0.2) is 4.79 Å². The molecule has 0 aliphatic carbocycles. The Morgan fingerprint density at radius 3 is 2.60 bits per heavy atom. The minimum atomic E-state index is -0.717. The number of esters is 1. The van der Waals surface area contributed by atoms with Crippen molar-refractivity contribution in [2.45, 2.75) is 19.8 Å². The third-order valence-electron chi connectivity index (χ3n) is 2.31. The molecule has 0 bridgehead atoms. The molecule has 0 saturated carbocycles. The summed E-state index contributed by atoms with van der Waals surface area (Å²) in [5.74, 6) is -1.22. The van der Waals surface area contributed by atoms with E-state index in [2.05, 4.69) is 5.32 Å². The molecule has 0 aromatic carbocycles. The first-order chi connectivity index (χ1) is 7.25. The first kappa shape index (κ1) is 12.0. The molecule has 0 aromatic heterocycles. The van der Waals surface area contributed by atoms with E-state index in [1.54, 1.807) is 0 Å². The highest BCUT2D eigenvalue weighted by atomic mass is 16.5. The summed E-state index contributed by atoms with van der Waals surface area (Å²) in [7, 11) is 0. The average Bonchev–Trinajstić information content (AvgIpc) is 2.29. The van der Waals surface area contributed by atoms with Crippen LogP contribution < -0.4 is 5.32 Å². The second-order valence-corrected chi connectivity index (χ2v) is 3.53. The Balaban J connectivity index is 2.28. The van der Waals surface area contributed by atoms with Crippen molar-refractivity contribution in [1.29, 1.82) is 0 Å². The highest BCUT2D eigenvalue weighted by molar-refractivity contribution is 6.32. The molecule has 1 fully saturated rings. The normalized spacial score (nSPS) is 16.2. The number of amides is 1. The number of unbranched alkanes of at least 4 members (excludes halogenated alkanes) is 1. The Hall–Kier alpha value is -1.10. The van der Waals surface area contributed by atoms with E-state index in [0.29, 0.717) is 19.7 Å². The molecule has 1 aliphatic heterocycles. The molecule has 0 radical (unpaired) electrons. The Kier molecular flexibility index (Phi) is 5.10. The molecular formula is C10H18N2O3. The van der Waals surface area contributed by atoms with Crippen LogP contribution in [0.15, 0.2) is 0 Å². The molecule has 0 atom stereocenters. The van der Waals surface area contributed by atoms with Gasteiger partial charge in [-0.3, -0.25) is 4.79 Å². The summed E-state index contributed by atoms with van der Waals surface area (Å²) in [6.07, 6.45) is 1.76. The summed E-state index contributed by atoms with van der Waals surface area (Å²) in [6.45, 7) is 5.00. The fourth-order valence-electron chi connectivity index (χ4n) is 1.37. The molecule has 1 N–H and O–H groups in total. The smallest absolute Gasteiger partial charge is 0.397 e. The predicted molar refractivity (Wildman–Crippen MR) is 55.3 cm³/mol. The van der Waals surface area contributed by atoms with Crippen LogP contribution in [-0.4, -0.2) is 49.6 Å². The van der Waals surface area contributed by atoms with Crippen LogP contribution in [0.3, 0.4) is 0 Å². The first-order valence-electron chi connectivity index (χ1n) is 5.42. The summed E-state index contributed by atoms with van der Waals surface area (Å²) < 4.78 is 4.85. The number of nitrogens with zero attached hydrogens (tertiary/aromatic N) is 1. The first-order valence-corrected chi connectivity index (χ1v) is 5.42. The van der Waals surface area contributed by atoms with Crippen LogP contribution in [-0.2, 0) is 14.3 Å². The Morgan fingerprint density at radius 2 is 2.00 bits per heavy atom. The number of hydrogen-bond donors (Lipinski definition) is 1. The molecule has 86 valence electrons. The zero-order valence-corrected chi connectivity index (χ0v) is 9.12. The summed E-state index contributed by atoms with van der Waals surface area (Å²) in [4.78, 5) is 24.3. The zero-order valence-electron chi connectivity index (χ0n) is 9.12. The fourth-order valence-corrected chi connectivity index (χ4v) is 1.37. The van der Waals surface area contributed by atoms with Crippen LogP contribution in [0.25, 0.3) is 0 Å². The van der Waals surface area contributed by atoms with E-state index in [1.165, 1.54) is 4.90 Å². The quantitative estimate of drug-likeness (QED) is 0.400. The van der Waals surface area contributed by atoms with Gasteiger partial charge in [0.1, 0.15) is 0 Å². The van der Waals surface area contributed by atoms with Gasteiger partial charge in [-0.2, -0.15) is 0 Å². The lowest BCUT2D eigenvalue weighted by molar-refractivity contribution is -0.160. The van der Waals surface area contributed by atoms with Crippen LogP contribution in [0.2, 0.25) is 0 Å². The number of piperazine rings is 1. The van der Waals surface area contributed by atoms with Gasteiger partial charge in [0.05, 0.1) is 6.61 Å². The number of carbonyl (C=O) groups excluding carboxylic acids is 2. The van der Waals surface area contributed by atoms with Crippen LogP contribution in [0, 0.1) is 0 Å². The number of hydrogen-bond acceptors (Lipinski definition) is 4. The van der Waals surface area contributed by atoms with Gasteiger partial charge in [-0.05, 0) is 6.42 Å². The minimum absolute atomic E-state index is 0.340. The fraction of sp³-hybridized carbons (Fsp3) is 0.800. The minimum Gasteiger partial charge on any atom is -0.459 e. The standard InChI is InChI=1S/C10H18N2O3/c1-2-3-8-15-10(14)9(13)12-6-4-11-5-7-12/h11H,2-8H2,1H3. The topological polar surface area (TPSA) is 58.6 Å². The molecule has 0 aromatic rings. The van der Waals surface area contributed by atoms with Gasteiger partial charge in [0.2, 0.25) is 0 Å². The lowest BCUT2D eigenvalue weighted by Crippen LogP contribution is -2.49. The Labute approximate surface area is 89.8 Å². The summed E-state index contributed by atoms with van der Waals surface area (Å²) in [6, 6.07) is 0. The summed E-state index contributed by atoms with van der Waals surface area (Å²) in [5, 5.41) is 3.11. The number of ether oxygens (including phenoxy) is 1. The molecule has 5 heteroatoms. The molecule has 1 saturated heterocycles. The van der Waals surface area contributed by atoms with Crippen molar-refractivity contribution in [3.8, 4) is 0 Å². The van der Waals surface area contributed by atoms with Gasteiger partial charge in [-0.1, -0.05) is 13.3 Å². The number of nitrogens with one attached hydrogen (secondary N) is 1. The Morgan fingerprint density at radius 1 is 1.33 bits per heavy atom. The monoisotopic (exact) mass is 214 g/mol. The lowest BCUT2D eigenvalue weighted by Gasteiger charge is -2.26. The average molecular weight is 214 g/mol. The van der Waals surface area contributed by atoms with E-state index >= 15 is 0 Å². The van der Waals surface area contributed by atoms with E-state index in [0.717, 1.165) is 25.9 Å². The van der Waals surface area contributed by atoms with E-state index in [4.69, 9.17) is 4.74 Å². The van der Waals surface area contributed by atoms with Gasteiger partial charge in [0.15, 0.2) is 0 Å². The van der Waals surface area contributed by atoms with Gasteiger partial charge in [0.25, 0.3) is 0 Å². The van der Waals surface area contributed by atoms with E-state index in [1.807, 2.05) is 6.92 Å². The second-order valence-electron chi connectivity index (χ2n) is 3.53. The largest absolute Gasteiger partial charge is 0.459 e. The van der Waals surface area contributed by atoms with Crippen molar-refractivity contribution in [2.75, 3.05) is 32.8 Å². The molecule has 15 heavy (non-hydrogen) atoms. The van der Waals surface area contributed by atoms with Crippen molar-refractivity contribution in [2.24, 2.45) is 0 Å². The SMILES string of the molecule is CCCCOC(=O)C(=O)N1CCNCC1. The van der Waals surface area contributed by atoms with Gasteiger partial charge in [0, 0.05) is 26.2 Å². The van der Waals surface area contributed by atoms with Gasteiger partial charge >= 0.3 is 11.9 Å². The maximum atomic E-state index is 11.5. The zero-order chi connectivity index (χ0) is 11.1. The molecule has 1 aliphatic rings. The summed E-state index contributed by atoms with van der Waals surface area (Å²) in [5.41, 5.74) is 0. The van der Waals surface area contributed by atoms with Crippen LogP contribution in [0.5, 0.6) is 0 Å². The van der Waals surface area contributed by atoms with Crippen molar-refractivity contribution in [3.63, 3.8) is 0 Å². The highest BCUT2D eigenvalue weighted by Gasteiger charge is 2.24. The van der Waals surface area contributed by atoms with Crippen LogP contribution in [0.4, 0.5) is 0 Å². The second kappa shape index (κ2) is 6.40. The molecular weight excluding hydrogens is 196 g/mol.